The van der Waals surface area contributed by atoms with Crippen LogP contribution in [0.1, 0.15) is 40.4 Å². The van der Waals surface area contributed by atoms with Crippen LogP contribution in [0.4, 0.5) is 5.69 Å². The van der Waals surface area contributed by atoms with Crippen molar-refractivity contribution in [3.05, 3.63) is 113 Å². The highest BCUT2D eigenvalue weighted by Crippen LogP contribution is 2.47. The van der Waals surface area contributed by atoms with Gasteiger partial charge in [0.2, 0.25) is 0 Å². The molecule has 4 aliphatic rings. The van der Waals surface area contributed by atoms with Gasteiger partial charge in [-0.1, -0.05) is 78.9 Å². The SMILES string of the molecule is CN1c2ccc(-c3ccccc3)cc2C2C=C(C3C=Cc4c5c(n(C)c4C3)CCC=C5)C=CC21. The molecule has 2 heterocycles. The summed E-state index contributed by atoms with van der Waals surface area (Å²) in [7, 11) is 4.51. The van der Waals surface area contributed by atoms with Crippen molar-refractivity contribution in [2.75, 3.05) is 11.9 Å². The molecule has 2 heteroatoms. The third kappa shape index (κ3) is 2.88. The van der Waals surface area contributed by atoms with Gasteiger partial charge in [-0.2, -0.15) is 0 Å². The van der Waals surface area contributed by atoms with E-state index in [2.05, 4.69) is 115 Å². The molecule has 34 heavy (non-hydrogen) atoms. The van der Waals surface area contributed by atoms with E-state index in [-0.39, 0.29) is 0 Å². The number of aromatic nitrogens is 1. The number of fused-ring (bicyclic) bond motifs is 6. The molecule has 0 saturated carbocycles. The number of rotatable bonds is 2. The molecule has 7 rings (SSSR count). The van der Waals surface area contributed by atoms with Crippen LogP contribution in [0.25, 0.3) is 23.3 Å². The lowest BCUT2D eigenvalue weighted by Crippen LogP contribution is -2.30. The van der Waals surface area contributed by atoms with Crippen LogP contribution in [0.15, 0.2) is 84.5 Å². The van der Waals surface area contributed by atoms with E-state index in [4.69, 9.17) is 0 Å². The molecule has 1 aliphatic heterocycles. The molecule has 3 aromatic rings. The van der Waals surface area contributed by atoms with E-state index in [1.165, 1.54) is 50.5 Å². The molecule has 168 valence electrons. The van der Waals surface area contributed by atoms with Crippen LogP contribution in [-0.4, -0.2) is 17.7 Å². The van der Waals surface area contributed by atoms with Crippen molar-refractivity contribution in [3.8, 4) is 11.1 Å². The van der Waals surface area contributed by atoms with Crippen molar-refractivity contribution >= 4 is 17.8 Å². The van der Waals surface area contributed by atoms with Crippen molar-refractivity contribution in [2.45, 2.75) is 31.2 Å². The summed E-state index contributed by atoms with van der Waals surface area (Å²) in [5.41, 5.74) is 12.8. The fourth-order valence-electron chi connectivity index (χ4n) is 6.59. The Morgan fingerprint density at radius 1 is 0.824 bits per heavy atom. The van der Waals surface area contributed by atoms with Crippen molar-refractivity contribution in [2.24, 2.45) is 13.0 Å². The molecule has 3 aliphatic carbocycles. The molecule has 0 spiro atoms. The quantitative estimate of drug-likeness (QED) is 0.417. The molecule has 0 fully saturated rings. The Balaban J connectivity index is 1.24. The number of hydrogen-bond donors (Lipinski definition) is 0. The van der Waals surface area contributed by atoms with Crippen molar-refractivity contribution in [1.82, 2.24) is 4.57 Å². The zero-order valence-electron chi connectivity index (χ0n) is 19.9. The summed E-state index contributed by atoms with van der Waals surface area (Å²) in [4.78, 5) is 2.45. The Hall–Kier alpha value is -3.52. The second kappa shape index (κ2) is 7.50. The molecular formula is C32H30N2. The Morgan fingerprint density at radius 2 is 1.68 bits per heavy atom. The zero-order valence-corrected chi connectivity index (χ0v) is 19.9. The van der Waals surface area contributed by atoms with Gasteiger partial charge in [0.15, 0.2) is 0 Å². The van der Waals surface area contributed by atoms with Gasteiger partial charge in [0, 0.05) is 54.1 Å². The highest BCUT2D eigenvalue weighted by Gasteiger charge is 2.37. The van der Waals surface area contributed by atoms with Crippen molar-refractivity contribution < 1.29 is 0 Å². The van der Waals surface area contributed by atoms with Crippen LogP contribution in [-0.2, 0) is 19.9 Å². The maximum absolute atomic E-state index is 2.56. The second-order valence-electron chi connectivity index (χ2n) is 10.2. The first-order chi connectivity index (χ1) is 16.7. The van der Waals surface area contributed by atoms with E-state index >= 15 is 0 Å². The van der Waals surface area contributed by atoms with Gasteiger partial charge in [-0.15, -0.1) is 0 Å². The Labute approximate surface area is 202 Å². The Bertz CT molecular complexity index is 1410. The summed E-state index contributed by atoms with van der Waals surface area (Å²) in [6, 6.07) is 18.2. The highest BCUT2D eigenvalue weighted by molar-refractivity contribution is 5.75. The van der Waals surface area contributed by atoms with Crippen LogP contribution < -0.4 is 4.90 Å². The number of nitrogens with zero attached hydrogens (tertiary/aromatic N) is 2. The van der Waals surface area contributed by atoms with E-state index in [1.54, 1.807) is 0 Å². The van der Waals surface area contributed by atoms with Crippen LogP contribution in [0, 0.1) is 5.92 Å². The lowest BCUT2D eigenvalue weighted by molar-refractivity contribution is 0.658. The molecule has 2 aromatic carbocycles. The fourth-order valence-corrected chi connectivity index (χ4v) is 6.59. The molecule has 0 bridgehead atoms. The second-order valence-corrected chi connectivity index (χ2v) is 10.2. The fraction of sp³-hybridized carbons (Fsp3) is 0.250. The third-order valence-corrected chi connectivity index (χ3v) is 8.44. The smallest absolute Gasteiger partial charge is 0.0577 e. The van der Waals surface area contributed by atoms with Gasteiger partial charge >= 0.3 is 0 Å². The number of allylic oxidation sites excluding steroid dienone is 4. The van der Waals surface area contributed by atoms with Crippen LogP contribution >= 0.6 is 0 Å². The van der Waals surface area contributed by atoms with Crippen LogP contribution in [0.5, 0.6) is 0 Å². The summed E-state index contributed by atoms with van der Waals surface area (Å²) in [5, 5.41) is 0. The molecule has 0 N–H and O–H groups in total. The van der Waals surface area contributed by atoms with Crippen LogP contribution in [0.3, 0.4) is 0 Å². The third-order valence-electron chi connectivity index (χ3n) is 8.44. The molecule has 2 nitrogen and oxygen atoms in total. The minimum atomic E-state index is 0.403. The maximum atomic E-state index is 2.56. The van der Waals surface area contributed by atoms with E-state index in [1.807, 2.05) is 0 Å². The normalized spacial score (nSPS) is 23.9. The van der Waals surface area contributed by atoms with Crippen molar-refractivity contribution in [1.29, 1.82) is 0 Å². The monoisotopic (exact) mass is 442 g/mol. The number of anilines is 1. The lowest BCUT2D eigenvalue weighted by Gasteiger charge is -2.28. The van der Waals surface area contributed by atoms with Gasteiger partial charge in [0.05, 0.1) is 6.04 Å². The minimum Gasteiger partial charge on any atom is -0.367 e. The topological polar surface area (TPSA) is 8.17 Å². The van der Waals surface area contributed by atoms with Gasteiger partial charge in [-0.25, -0.2) is 0 Å². The zero-order chi connectivity index (χ0) is 22.8. The number of likely N-dealkylation sites (N-methyl/N-ethyl adjacent to an activating group) is 1. The summed E-state index contributed by atoms with van der Waals surface area (Å²) >= 11 is 0. The average Bonchev–Trinajstić information content (AvgIpc) is 3.35. The highest BCUT2D eigenvalue weighted by atomic mass is 15.2. The number of hydrogen-bond acceptors (Lipinski definition) is 1. The summed E-state index contributed by atoms with van der Waals surface area (Å²) in [5.74, 6) is 0.846. The summed E-state index contributed by atoms with van der Waals surface area (Å²) < 4.78 is 2.48. The Kier molecular flexibility index (Phi) is 4.39. The first-order valence-electron chi connectivity index (χ1n) is 12.6. The van der Waals surface area contributed by atoms with Crippen molar-refractivity contribution in [3.63, 3.8) is 0 Å². The van der Waals surface area contributed by atoms with E-state index < -0.39 is 0 Å². The lowest BCUT2D eigenvalue weighted by atomic mass is 9.80. The van der Waals surface area contributed by atoms with Gasteiger partial charge in [0.25, 0.3) is 0 Å². The molecule has 1 aromatic heterocycles. The van der Waals surface area contributed by atoms with Gasteiger partial charge in [-0.05, 0) is 53.7 Å². The average molecular weight is 443 g/mol. The summed E-state index contributed by atoms with van der Waals surface area (Å²) in [6.45, 7) is 0. The Morgan fingerprint density at radius 3 is 2.56 bits per heavy atom. The molecule has 0 amide bonds. The van der Waals surface area contributed by atoms with E-state index in [0.29, 0.717) is 17.9 Å². The van der Waals surface area contributed by atoms with Crippen LogP contribution in [0.2, 0.25) is 0 Å². The number of benzene rings is 2. The summed E-state index contributed by atoms with van der Waals surface area (Å²) in [6.07, 6.45) is 20.3. The minimum absolute atomic E-state index is 0.403. The van der Waals surface area contributed by atoms with Gasteiger partial charge in [0.1, 0.15) is 0 Å². The first kappa shape index (κ1) is 19.9. The molecular weight excluding hydrogens is 412 g/mol. The standard InChI is InChI=1S/C32H30N2/c1-33-30-16-13-22(21-8-4-3-5-9-21)18-27(30)28-19-23(14-17-31(28)33)24-12-15-26-25-10-6-7-11-29(25)34(2)32(26)20-24/h3-6,8-10,12-19,24,28,31H,7,11,20H2,1-2H3. The van der Waals surface area contributed by atoms with E-state index in [0.717, 1.165) is 19.3 Å². The molecule has 3 unspecified atom stereocenters. The predicted molar refractivity (Wildman–Crippen MR) is 143 cm³/mol. The van der Waals surface area contributed by atoms with E-state index in [9.17, 15) is 0 Å². The maximum Gasteiger partial charge on any atom is 0.0577 e. The largest absolute Gasteiger partial charge is 0.367 e. The molecule has 0 radical (unpaired) electrons. The molecule has 0 saturated heterocycles. The molecule has 3 atom stereocenters. The van der Waals surface area contributed by atoms with Gasteiger partial charge < -0.3 is 9.47 Å². The predicted octanol–water partition coefficient (Wildman–Crippen LogP) is 6.94. The van der Waals surface area contributed by atoms with Gasteiger partial charge in [-0.3, -0.25) is 0 Å². The first-order valence-corrected chi connectivity index (χ1v) is 12.6.